The lowest BCUT2D eigenvalue weighted by atomic mass is 10.1. The Kier molecular flexibility index (Phi) is 4.37. The van der Waals surface area contributed by atoms with Crippen molar-refractivity contribution in [2.75, 3.05) is 17.3 Å². The van der Waals surface area contributed by atoms with Crippen LogP contribution >= 0.6 is 11.8 Å². The Labute approximate surface area is 159 Å². The van der Waals surface area contributed by atoms with Gasteiger partial charge in [0.1, 0.15) is 10.8 Å². The molecule has 0 bridgehead atoms. The maximum Gasteiger partial charge on any atom is 0.259 e. The number of carbonyl (C=O) groups is 2. The van der Waals surface area contributed by atoms with Crippen molar-refractivity contribution in [2.45, 2.75) is 9.92 Å². The Morgan fingerprint density at radius 2 is 2.00 bits per heavy atom. The maximum absolute atomic E-state index is 13.3. The summed E-state index contributed by atoms with van der Waals surface area (Å²) in [4.78, 5) is 31.9. The quantitative estimate of drug-likeness (QED) is 0.724. The van der Waals surface area contributed by atoms with E-state index in [4.69, 9.17) is 0 Å². The number of rotatable bonds is 2. The molecule has 2 aromatic carbocycles. The zero-order valence-corrected chi connectivity index (χ0v) is 15.1. The summed E-state index contributed by atoms with van der Waals surface area (Å²) in [5.74, 6) is -1.12. The normalized spacial score (nSPS) is 12.8. The van der Waals surface area contributed by atoms with Gasteiger partial charge in [0.15, 0.2) is 0 Å². The van der Waals surface area contributed by atoms with Gasteiger partial charge in [0.25, 0.3) is 11.8 Å². The zero-order valence-electron chi connectivity index (χ0n) is 14.3. The number of benzene rings is 2. The Hall–Kier alpha value is -3.19. The fraction of sp³-hybridized carbons (Fsp3) is 0.0500. The topological polar surface area (TPSA) is 62.3 Å². The molecule has 7 heteroatoms. The van der Waals surface area contributed by atoms with Crippen LogP contribution in [0.5, 0.6) is 0 Å². The number of fused-ring (bicyclic) bond motifs is 2. The smallest absolute Gasteiger partial charge is 0.259 e. The van der Waals surface area contributed by atoms with Crippen LogP contribution < -0.4 is 10.2 Å². The molecule has 1 aromatic heterocycles. The highest BCUT2D eigenvalue weighted by Gasteiger charge is 2.25. The number of halogens is 1. The van der Waals surface area contributed by atoms with Crippen molar-refractivity contribution in [3.05, 3.63) is 77.7 Å². The third kappa shape index (κ3) is 3.29. The second-order valence-electron chi connectivity index (χ2n) is 5.97. The van der Waals surface area contributed by atoms with E-state index in [1.165, 1.54) is 30.0 Å². The molecule has 2 amide bonds. The van der Waals surface area contributed by atoms with Crippen molar-refractivity contribution in [2.24, 2.45) is 0 Å². The van der Waals surface area contributed by atoms with E-state index < -0.39 is 11.7 Å². The first-order valence-electron chi connectivity index (χ1n) is 8.15. The van der Waals surface area contributed by atoms with E-state index >= 15 is 0 Å². The molecule has 0 atom stereocenters. The molecule has 0 radical (unpaired) electrons. The molecule has 0 aliphatic carbocycles. The van der Waals surface area contributed by atoms with Crippen molar-refractivity contribution in [3.8, 4) is 0 Å². The molecule has 0 fully saturated rings. The van der Waals surface area contributed by atoms with Gasteiger partial charge in [-0.15, -0.1) is 0 Å². The highest BCUT2D eigenvalue weighted by atomic mass is 32.2. The molecular weight excluding hydrogens is 365 g/mol. The van der Waals surface area contributed by atoms with Crippen LogP contribution in [0.4, 0.5) is 15.8 Å². The van der Waals surface area contributed by atoms with Crippen LogP contribution in [0.2, 0.25) is 0 Å². The predicted octanol–water partition coefficient (Wildman–Crippen LogP) is 4.21. The summed E-state index contributed by atoms with van der Waals surface area (Å²) in [7, 11) is 1.69. The number of anilines is 2. The van der Waals surface area contributed by atoms with Crippen LogP contribution in [0.3, 0.4) is 0 Å². The highest BCUT2D eigenvalue weighted by Crippen LogP contribution is 2.40. The lowest BCUT2D eigenvalue weighted by Gasteiger charge is -2.16. The molecule has 0 saturated heterocycles. The number of amides is 2. The number of hydrogen-bond donors (Lipinski definition) is 1. The van der Waals surface area contributed by atoms with Gasteiger partial charge in [-0.3, -0.25) is 9.59 Å². The van der Waals surface area contributed by atoms with Crippen LogP contribution in [0.15, 0.2) is 70.7 Å². The van der Waals surface area contributed by atoms with Gasteiger partial charge in [0, 0.05) is 29.4 Å². The number of carbonyl (C=O) groups excluding carboxylic acids is 2. The first-order valence-corrected chi connectivity index (χ1v) is 8.96. The van der Waals surface area contributed by atoms with E-state index in [1.807, 2.05) is 6.07 Å². The first kappa shape index (κ1) is 17.2. The molecule has 0 unspecified atom stereocenters. The first-order chi connectivity index (χ1) is 13.0. The van der Waals surface area contributed by atoms with Gasteiger partial charge in [-0.2, -0.15) is 0 Å². The van der Waals surface area contributed by atoms with Gasteiger partial charge in [0.05, 0.1) is 11.3 Å². The minimum atomic E-state index is -0.483. The van der Waals surface area contributed by atoms with Crippen LogP contribution in [-0.4, -0.2) is 23.8 Å². The molecule has 5 nitrogen and oxygen atoms in total. The molecule has 27 heavy (non-hydrogen) atoms. The van der Waals surface area contributed by atoms with Crippen LogP contribution in [0.25, 0.3) is 0 Å². The monoisotopic (exact) mass is 379 g/mol. The maximum atomic E-state index is 13.3. The number of hydrogen-bond acceptors (Lipinski definition) is 4. The molecule has 1 aliphatic heterocycles. The number of pyridine rings is 1. The fourth-order valence-electron chi connectivity index (χ4n) is 2.81. The summed E-state index contributed by atoms with van der Waals surface area (Å²) < 4.78 is 13.3. The van der Waals surface area contributed by atoms with E-state index in [1.54, 1.807) is 42.4 Å². The van der Waals surface area contributed by atoms with Crippen molar-refractivity contribution in [1.82, 2.24) is 4.98 Å². The fourth-order valence-corrected chi connectivity index (χ4v) is 3.83. The average molecular weight is 379 g/mol. The van der Waals surface area contributed by atoms with Gasteiger partial charge >= 0.3 is 0 Å². The summed E-state index contributed by atoms with van der Waals surface area (Å²) in [5.41, 5.74) is 1.87. The number of nitrogens with one attached hydrogen (secondary N) is 1. The summed E-state index contributed by atoms with van der Waals surface area (Å²) >= 11 is 1.40. The van der Waals surface area contributed by atoms with E-state index in [2.05, 4.69) is 10.3 Å². The third-order valence-corrected chi connectivity index (χ3v) is 5.26. The van der Waals surface area contributed by atoms with Gasteiger partial charge in [0.2, 0.25) is 0 Å². The molecule has 1 aliphatic rings. The van der Waals surface area contributed by atoms with Gasteiger partial charge < -0.3 is 10.2 Å². The van der Waals surface area contributed by atoms with Crippen molar-refractivity contribution < 1.29 is 14.0 Å². The SMILES string of the molecule is CN1C(=O)c2cc(NC(=O)c3cccc(F)c3)ccc2Sc2ncccc21. The van der Waals surface area contributed by atoms with E-state index in [-0.39, 0.29) is 11.5 Å². The summed E-state index contributed by atoms with van der Waals surface area (Å²) in [6.45, 7) is 0. The van der Waals surface area contributed by atoms with Crippen molar-refractivity contribution in [3.63, 3.8) is 0 Å². The van der Waals surface area contributed by atoms with Gasteiger partial charge in [-0.05, 0) is 48.5 Å². The van der Waals surface area contributed by atoms with Crippen LogP contribution in [0.1, 0.15) is 20.7 Å². The average Bonchev–Trinajstić information content (AvgIpc) is 2.78. The molecule has 2 heterocycles. The Balaban J connectivity index is 1.66. The largest absolute Gasteiger partial charge is 0.322 e. The molecule has 0 spiro atoms. The van der Waals surface area contributed by atoms with Crippen molar-refractivity contribution in [1.29, 1.82) is 0 Å². The van der Waals surface area contributed by atoms with E-state index in [9.17, 15) is 14.0 Å². The summed E-state index contributed by atoms with van der Waals surface area (Å²) in [6, 6.07) is 14.2. The molecule has 4 rings (SSSR count). The Morgan fingerprint density at radius 3 is 2.81 bits per heavy atom. The summed E-state index contributed by atoms with van der Waals surface area (Å²) in [6.07, 6.45) is 1.68. The van der Waals surface area contributed by atoms with Gasteiger partial charge in [-0.1, -0.05) is 17.8 Å². The van der Waals surface area contributed by atoms with Gasteiger partial charge in [-0.25, -0.2) is 9.37 Å². The molecule has 1 N–H and O–H groups in total. The Bertz CT molecular complexity index is 1070. The third-order valence-electron chi connectivity index (χ3n) is 4.18. The standard InChI is InChI=1S/C20H14FN3O2S/c1-24-16-6-3-9-22-19(16)27-17-8-7-14(11-15(17)20(24)26)23-18(25)12-4-2-5-13(21)10-12/h2-11H,1H3,(H,23,25). The van der Waals surface area contributed by atoms with E-state index in [0.29, 0.717) is 11.3 Å². The second-order valence-corrected chi connectivity index (χ2v) is 7.00. The molecule has 0 saturated carbocycles. The lowest BCUT2D eigenvalue weighted by molar-refractivity contribution is 0.0987. The number of nitrogens with zero attached hydrogens (tertiary/aromatic N) is 2. The zero-order chi connectivity index (χ0) is 19.0. The Morgan fingerprint density at radius 1 is 1.15 bits per heavy atom. The number of aromatic nitrogens is 1. The summed E-state index contributed by atoms with van der Waals surface area (Å²) in [5, 5.41) is 3.45. The second kappa shape index (κ2) is 6.85. The highest BCUT2D eigenvalue weighted by molar-refractivity contribution is 7.99. The minimum absolute atomic E-state index is 0.189. The minimum Gasteiger partial charge on any atom is -0.322 e. The van der Waals surface area contributed by atoms with Crippen molar-refractivity contribution >= 4 is 35.0 Å². The molecular formula is C20H14FN3O2S. The predicted molar refractivity (Wildman–Crippen MR) is 102 cm³/mol. The molecule has 134 valence electrons. The lowest BCUT2D eigenvalue weighted by Crippen LogP contribution is -2.26. The van der Waals surface area contributed by atoms with Crippen LogP contribution in [-0.2, 0) is 0 Å². The molecule has 3 aromatic rings. The van der Waals surface area contributed by atoms with Crippen LogP contribution in [0, 0.1) is 5.82 Å². The van der Waals surface area contributed by atoms with E-state index in [0.717, 1.165) is 21.7 Å².